The number of carboxylic acid groups (broad SMARTS) is 1. The first-order valence-electron chi connectivity index (χ1n) is 6.70. The molecule has 4 heteroatoms. The molecule has 1 saturated heterocycles. The summed E-state index contributed by atoms with van der Waals surface area (Å²) >= 11 is 0. The maximum atomic E-state index is 11.1. The molecular weight excluding hydrogens is 218 g/mol. The summed E-state index contributed by atoms with van der Waals surface area (Å²) < 4.78 is 6.07. The Balaban J connectivity index is 1.77. The Morgan fingerprint density at radius 2 is 1.71 bits per heavy atom. The highest BCUT2D eigenvalue weighted by atomic mass is 16.5. The van der Waals surface area contributed by atoms with Crippen LogP contribution < -0.4 is 5.32 Å². The summed E-state index contributed by atoms with van der Waals surface area (Å²) in [7, 11) is 0. The number of rotatable bonds is 3. The number of nitrogens with one attached hydrogen (secondary N) is 1. The zero-order valence-electron chi connectivity index (χ0n) is 10.6. The molecule has 98 valence electrons. The molecule has 2 rings (SSSR count). The van der Waals surface area contributed by atoms with E-state index in [1.54, 1.807) is 0 Å². The van der Waals surface area contributed by atoms with Crippen molar-refractivity contribution in [3.8, 4) is 0 Å². The van der Waals surface area contributed by atoms with Crippen LogP contribution in [0, 0.1) is 5.41 Å². The maximum Gasteiger partial charge on any atom is 0.309 e. The summed E-state index contributed by atoms with van der Waals surface area (Å²) in [6.45, 7) is 3.95. The van der Waals surface area contributed by atoms with Crippen molar-refractivity contribution in [1.82, 2.24) is 5.32 Å². The zero-order valence-corrected chi connectivity index (χ0v) is 10.6. The molecule has 0 spiro atoms. The second-order valence-corrected chi connectivity index (χ2v) is 5.65. The van der Waals surface area contributed by atoms with E-state index in [4.69, 9.17) is 9.84 Å². The van der Waals surface area contributed by atoms with Crippen molar-refractivity contribution in [3.05, 3.63) is 0 Å². The fraction of sp³-hybridized carbons (Fsp3) is 0.923. The number of hydrogen-bond donors (Lipinski definition) is 2. The summed E-state index contributed by atoms with van der Waals surface area (Å²) in [6.07, 6.45) is 6.13. The lowest BCUT2D eigenvalue weighted by Crippen LogP contribution is -2.39. The van der Waals surface area contributed by atoms with E-state index in [1.165, 1.54) is 0 Å². The van der Waals surface area contributed by atoms with Gasteiger partial charge in [0.1, 0.15) is 0 Å². The van der Waals surface area contributed by atoms with Gasteiger partial charge >= 0.3 is 5.97 Å². The van der Waals surface area contributed by atoms with Crippen molar-refractivity contribution in [2.75, 3.05) is 13.1 Å². The van der Waals surface area contributed by atoms with Gasteiger partial charge in [0.15, 0.2) is 0 Å². The molecule has 0 unspecified atom stereocenters. The summed E-state index contributed by atoms with van der Waals surface area (Å²) in [5.41, 5.74) is -0.520. The van der Waals surface area contributed by atoms with Crippen molar-refractivity contribution in [1.29, 1.82) is 0 Å². The minimum Gasteiger partial charge on any atom is -0.481 e. The highest BCUT2D eigenvalue weighted by Crippen LogP contribution is 2.37. The van der Waals surface area contributed by atoms with Crippen LogP contribution in [0.3, 0.4) is 0 Å². The molecule has 0 bridgehead atoms. The lowest BCUT2D eigenvalue weighted by Gasteiger charge is -2.36. The molecule has 2 N–H and O–H groups in total. The second-order valence-electron chi connectivity index (χ2n) is 5.65. The SMILES string of the molecule is CC1(C(=O)O)CCC(OC2CCNCC2)CC1. The molecule has 0 aromatic carbocycles. The van der Waals surface area contributed by atoms with Gasteiger partial charge in [0.2, 0.25) is 0 Å². The van der Waals surface area contributed by atoms with Crippen molar-refractivity contribution >= 4 is 5.97 Å². The molecule has 0 amide bonds. The van der Waals surface area contributed by atoms with E-state index >= 15 is 0 Å². The summed E-state index contributed by atoms with van der Waals surface area (Å²) in [5.74, 6) is -0.655. The Labute approximate surface area is 103 Å². The largest absolute Gasteiger partial charge is 0.481 e. The van der Waals surface area contributed by atoms with E-state index < -0.39 is 11.4 Å². The number of aliphatic carboxylic acids is 1. The average molecular weight is 241 g/mol. The molecule has 1 aliphatic heterocycles. The first kappa shape index (κ1) is 12.8. The van der Waals surface area contributed by atoms with Gasteiger partial charge in [0, 0.05) is 0 Å². The Kier molecular flexibility index (Phi) is 4.05. The molecule has 0 aromatic heterocycles. The Bertz CT molecular complexity index is 266. The molecule has 0 aromatic rings. The van der Waals surface area contributed by atoms with Crippen LogP contribution in [-0.2, 0) is 9.53 Å². The van der Waals surface area contributed by atoms with Crippen molar-refractivity contribution in [2.45, 2.75) is 57.7 Å². The molecule has 0 radical (unpaired) electrons. The molecule has 17 heavy (non-hydrogen) atoms. The van der Waals surface area contributed by atoms with E-state index in [2.05, 4.69) is 5.32 Å². The van der Waals surface area contributed by atoms with Crippen LogP contribution in [0.15, 0.2) is 0 Å². The van der Waals surface area contributed by atoms with Gasteiger partial charge in [-0.1, -0.05) is 0 Å². The van der Waals surface area contributed by atoms with Gasteiger partial charge in [-0.05, 0) is 58.5 Å². The predicted molar refractivity (Wildman–Crippen MR) is 65.0 cm³/mol. The lowest BCUT2D eigenvalue weighted by molar-refractivity contribution is -0.152. The van der Waals surface area contributed by atoms with Gasteiger partial charge < -0.3 is 15.2 Å². The summed E-state index contributed by atoms with van der Waals surface area (Å²) in [5, 5.41) is 12.5. The van der Waals surface area contributed by atoms with E-state index in [1.807, 2.05) is 6.92 Å². The first-order chi connectivity index (χ1) is 8.10. The van der Waals surface area contributed by atoms with Gasteiger partial charge in [-0.25, -0.2) is 0 Å². The van der Waals surface area contributed by atoms with Crippen LogP contribution in [-0.4, -0.2) is 36.4 Å². The van der Waals surface area contributed by atoms with Crippen LogP contribution in [0.1, 0.15) is 45.4 Å². The van der Waals surface area contributed by atoms with Crippen molar-refractivity contribution in [3.63, 3.8) is 0 Å². The van der Waals surface area contributed by atoms with Crippen LogP contribution in [0.4, 0.5) is 0 Å². The highest BCUT2D eigenvalue weighted by Gasteiger charge is 2.38. The number of carboxylic acids is 1. The molecule has 1 saturated carbocycles. The van der Waals surface area contributed by atoms with Gasteiger partial charge in [-0.3, -0.25) is 4.79 Å². The fourth-order valence-corrected chi connectivity index (χ4v) is 2.78. The normalized spacial score (nSPS) is 35.7. The lowest BCUT2D eigenvalue weighted by atomic mass is 9.75. The van der Waals surface area contributed by atoms with E-state index in [9.17, 15) is 4.79 Å². The summed E-state index contributed by atoms with van der Waals surface area (Å²) in [6, 6.07) is 0. The Hall–Kier alpha value is -0.610. The number of ether oxygens (including phenoxy) is 1. The van der Waals surface area contributed by atoms with Crippen molar-refractivity contribution < 1.29 is 14.6 Å². The highest BCUT2D eigenvalue weighted by molar-refractivity contribution is 5.74. The molecule has 2 fully saturated rings. The Morgan fingerprint density at radius 1 is 1.18 bits per heavy atom. The molecular formula is C13H23NO3. The monoisotopic (exact) mass is 241 g/mol. The topological polar surface area (TPSA) is 58.6 Å². The third kappa shape index (κ3) is 3.19. The third-order valence-electron chi connectivity index (χ3n) is 4.22. The molecule has 2 aliphatic rings. The zero-order chi connectivity index (χ0) is 12.3. The van der Waals surface area contributed by atoms with Gasteiger partial charge in [-0.15, -0.1) is 0 Å². The van der Waals surface area contributed by atoms with Gasteiger partial charge in [-0.2, -0.15) is 0 Å². The third-order valence-corrected chi connectivity index (χ3v) is 4.22. The first-order valence-corrected chi connectivity index (χ1v) is 6.70. The van der Waals surface area contributed by atoms with E-state index in [-0.39, 0.29) is 6.10 Å². The predicted octanol–water partition coefficient (Wildman–Crippen LogP) is 1.79. The molecule has 1 aliphatic carbocycles. The van der Waals surface area contributed by atoms with Gasteiger partial charge in [0.05, 0.1) is 17.6 Å². The number of carbonyl (C=O) groups is 1. The molecule has 0 atom stereocenters. The van der Waals surface area contributed by atoms with Crippen LogP contribution in [0.2, 0.25) is 0 Å². The minimum atomic E-state index is -0.655. The van der Waals surface area contributed by atoms with Crippen LogP contribution >= 0.6 is 0 Å². The second kappa shape index (κ2) is 5.36. The average Bonchev–Trinajstić information content (AvgIpc) is 2.33. The van der Waals surface area contributed by atoms with Gasteiger partial charge in [0.25, 0.3) is 0 Å². The molecule has 4 nitrogen and oxygen atoms in total. The Morgan fingerprint density at radius 3 is 2.24 bits per heavy atom. The smallest absolute Gasteiger partial charge is 0.309 e. The van der Waals surface area contributed by atoms with Crippen molar-refractivity contribution in [2.24, 2.45) is 5.41 Å². The standard InChI is InChI=1S/C13H23NO3/c1-13(12(15)16)6-2-10(3-7-13)17-11-4-8-14-9-5-11/h10-11,14H,2-9H2,1H3,(H,15,16). The number of piperidine rings is 1. The fourth-order valence-electron chi connectivity index (χ4n) is 2.78. The van der Waals surface area contributed by atoms with Crippen LogP contribution in [0.5, 0.6) is 0 Å². The van der Waals surface area contributed by atoms with Crippen LogP contribution in [0.25, 0.3) is 0 Å². The molecule has 1 heterocycles. The van der Waals surface area contributed by atoms with E-state index in [0.29, 0.717) is 6.10 Å². The quantitative estimate of drug-likeness (QED) is 0.791. The number of hydrogen-bond acceptors (Lipinski definition) is 3. The minimum absolute atomic E-state index is 0.283. The maximum absolute atomic E-state index is 11.1. The summed E-state index contributed by atoms with van der Waals surface area (Å²) in [4.78, 5) is 11.1. The van der Waals surface area contributed by atoms with E-state index in [0.717, 1.165) is 51.6 Å².